The molecule has 0 aromatic heterocycles. The van der Waals surface area contributed by atoms with Crippen molar-refractivity contribution in [2.45, 2.75) is 20.8 Å². The van der Waals surface area contributed by atoms with Gasteiger partial charge in [0.05, 0.1) is 23.4 Å². The van der Waals surface area contributed by atoms with Gasteiger partial charge in [0.2, 0.25) is 11.8 Å². The van der Waals surface area contributed by atoms with Gasteiger partial charge in [-0.1, -0.05) is 23.7 Å². The summed E-state index contributed by atoms with van der Waals surface area (Å²) in [7, 11) is 1.26. The van der Waals surface area contributed by atoms with E-state index in [1.807, 2.05) is 25.1 Å². The maximum atomic E-state index is 12.7. The minimum absolute atomic E-state index is 0.223. The highest BCUT2D eigenvalue weighted by Crippen LogP contribution is 2.27. The largest absolute Gasteiger partial charge is 0.465 e. The molecule has 142 valence electrons. The number of nitrogens with one attached hydrogen (secondary N) is 2. The third kappa shape index (κ3) is 4.86. The first-order valence-electron chi connectivity index (χ1n) is 8.22. The number of carbonyl (C=O) groups is 3. The fraction of sp³-hybridized carbons (Fsp3) is 0.250. The van der Waals surface area contributed by atoms with Crippen molar-refractivity contribution < 1.29 is 19.1 Å². The van der Waals surface area contributed by atoms with E-state index in [-0.39, 0.29) is 16.3 Å². The van der Waals surface area contributed by atoms with Crippen molar-refractivity contribution in [2.24, 2.45) is 5.41 Å². The maximum Gasteiger partial charge on any atom is 0.337 e. The van der Waals surface area contributed by atoms with Crippen LogP contribution in [0.15, 0.2) is 42.5 Å². The van der Waals surface area contributed by atoms with Crippen LogP contribution in [0.3, 0.4) is 0 Å². The second-order valence-electron chi connectivity index (χ2n) is 6.59. The molecule has 0 aliphatic carbocycles. The lowest BCUT2D eigenvalue weighted by Crippen LogP contribution is -2.41. The smallest absolute Gasteiger partial charge is 0.337 e. The number of ether oxygens (including phenoxy) is 1. The Bertz CT molecular complexity index is 893. The fourth-order valence-corrected chi connectivity index (χ4v) is 2.42. The summed E-state index contributed by atoms with van der Waals surface area (Å²) >= 11 is 6.10. The number of amides is 2. The van der Waals surface area contributed by atoms with E-state index < -0.39 is 23.2 Å². The highest BCUT2D eigenvalue weighted by Gasteiger charge is 2.36. The van der Waals surface area contributed by atoms with Crippen molar-refractivity contribution in [3.63, 3.8) is 0 Å². The molecule has 0 aliphatic rings. The van der Waals surface area contributed by atoms with Crippen LogP contribution in [-0.2, 0) is 14.3 Å². The monoisotopic (exact) mass is 388 g/mol. The molecule has 7 heteroatoms. The highest BCUT2D eigenvalue weighted by atomic mass is 35.5. The Morgan fingerprint density at radius 3 is 2.30 bits per heavy atom. The summed E-state index contributed by atoms with van der Waals surface area (Å²) in [6.45, 7) is 4.92. The van der Waals surface area contributed by atoms with Gasteiger partial charge < -0.3 is 15.4 Å². The quantitative estimate of drug-likeness (QED) is 0.598. The number of methoxy groups -OCH3 is 1. The highest BCUT2D eigenvalue weighted by molar-refractivity contribution is 6.34. The first kappa shape index (κ1) is 20.5. The number of carbonyl (C=O) groups excluding carboxylic acids is 3. The molecule has 2 rings (SSSR count). The summed E-state index contributed by atoms with van der Waals surface area (Å²) in [5.74, 6) is -1.58. The number of benzene rings is 2. The molecule has 2 aromatic rings. The van der Waals surface area contributed by atoms with Gasteiger partial charge >= 0.3 is 5.97 Å². The summed E-state index contributed by atoms with van der Waals surface area (Å²) in [4.78, 5) is 36.9. The number of esters is 1. The van der Waals surface area contributed by atoms with E-state index >= 15 is 0 Å². The van der Waals surface area contributed by atoms with E-state index in [4.69, 9.17) is 11.6 Å². The van der Waals surface area contributed by atoms with E-state index in [0.717, 1.165) is 5.56 Å². The molecule has 0 unspecified atom stereocenters. The first-order valence-corrected chi connectivity index (χ1v) is 8.60. The number of hydrogen-bond acceptors (Lipinski definition) is 4. The molecule has 0 radical (unpaired) electrons. The van der Waals surface area contributed by atoms with Crippen molar-refractivity contribution in [1.82, 2.24) is 0 Å². The van der Waals surface area contributed by atoms with Gasteiger partial charge in [-0.25, -0.2) is 4.79 Å². The van der Waals surface area contributed by atoms with Gasteiger partial charge in [-0.15, -0.1) is 0 Å². The van der Waals surface area contributed by atoms with Crippen LogP contribution in [0.4, 0.5) is 11.4 Å². The summed E-state index contributed by atoms with van der Waals surface area (Å²) in [6.07, 6.45) is 0. The molecule has 0 heterocycles. The summed E-state index contributed by atoms with van der Waals surface area (Å²) in [5.41, 5.74) is 0.669. The van der Waals surface area contributed by atoms with Crippen LogP contribution < -0.4 is 10.6 Å². The Hall–Kier alpha value is -2.86. The van der Waals surface area contributed by atoms with Gasteiger partial charge in [0.1, 0.15) is 5.41 Å². The van der Waals surface area contributed by atoms with Crippen molar-refractivity contribution in [3.05, 3.63) is 58.6 Å². The van der Waals surface area contributed by atoms with Crippen LogP contribution in [0.1, 0.15) is 29.8 Å². The molecule has 0 saturated heterocycles. The topological polar surface area (TPSA) is 84.5 Å². The summed E-state index contributed by atoms with van der Waals surface area (Å²) in [6, 6.07) is 11.6. The van der Waals surface area contributed by atoms with Crippen LogP contribution >= 0.6 is 11.6 Å². The number of anilines is 2. The lowest BCUT2D eigenvalue weighted by molar-refractivity contribution is -0.135. The van der Waals surface area contributed by atoms with Gasteiger partial charge in [0.25, 0.3) is 0 Å². The Morgan fingerprint density at radius 1 is 1.00 bits per heavy atom. The van der Waals surface area contributed by atoms with E-state index in [1.165, 1.54) is 39.2 Å². The SMILES string of the molecule is COC(=O)c1ccc(Cl)c(NC(=O)C(C)(C)C(=O)Nc2cccc(C)c2)c1. The molecule has 0 atom stereocenters. The van der Waals surface area contributed by atoms with Gasteiger partial charge in [0, 0.05) is 5.69 Å². The van der Waals surface area contributed by atoms with Gasteiger partial charge in [-0.05, 0) is 56.7 Å². The molecule has 6 nitrogen and oxygen atoms in total. The molecule has 0 spiro atoms. The molecule has 27 heavy (non-hydrogen) atoms. The number of aryl methyl sites for hydroxylation is 1. The molecule has 2 N–H and O–H groups in total. The summed E-state index contributed by atoms with van der Waals surface area (Å²) in [5, 5.41) is 5.59. The van der Waals surface area contributed by atoms with E-state index in [0.29, 0.717) is 5.69 Å². The van der Waals surface area contributed by atoms with E-state index in [2.05, 4.69) is 15.4 Å². The minimum atomic E-state index is -1.38. The molecule has 0 fully saturated rings. The number of rotatable bonds is 5. The van der Waals surface area contributed by atoms with E-state index in [9.17, 15) is 14.4 Å². The predicted octanol–water partition coefficient (Wildman–Crippen LogP) is 4.04. The molecule has 0 bridgehead atoms. The first-order chi connectivity index (χ1) is 12.6. The zero-order chi connectivity index (χ0) is 20.2. The average Bonchev–Trinajstić information content (AvgIpc) is 2.62. The fourth-order valence-electron chi connectivity index (χ4n) is 2.26. The predicted molar refractivity (Wildman–Crippen MR) is 105 cm³/mol. The Balaban J connectivity index is 2.18. The second kappa shape index (κ2) is 8.22. The van der Waals surface area contributed by atoms with E-state index in [1.54, 1.807) is 6.07 Å². The van der Waals surface area contributed by atoms with Crippen LogP contribution in [-0.4, -0.2) is 24.9 Å². The zero-order valence-corrected chi connectivity index (χ0v) is 16.3. The van der Waals surface area contributed by atoms with Gasteiger partial charge in [0.15, 0.2) is 0 Å². The van der Waals surface area contributed by atoms with Crippen LogP contribution in [0, 0.1) is 12.3 Å². The Kier molecular flexibility index (Phi) is 6.23. The van der Waals surface area contributed by atoms with Crippen LogP contribution in [0.25, 0.3) is 0 Å². The minimum Gasteiger partial charge on any atom is -0.465 e. The Morgan fingerprint density at radius 2 is 1.67 bits per heavy atom. The molecular weight excluding hydrogens is 368 g/mol. The normalized spacial score (nSPS) is 10.9. The number of hydrogen-bond donors (Lipinski definition) is 2. The van der Waals surface area contributed by atoms with Gasteiger partial charge in [-0.2, -0.15) is 0 Å². The van der Waals surface area contributed by atoms with Crippen molar-refractivity contribution in [2.75, 3.05) is 17.7 Å². The number of halogens is 1. The molecule has 0 aliphatic heterocycles. The molecule has 2 amide bonds. The average molecular weight is 389 g/mol. The third-order valence-electron chi connectivity index (χ3n) is 4.05. The van der Waals surface area contributed by atoms with Gasteiger partial charge in [-0.3, -0.25) is 9.59 Å². The lowest BCUT2D eigenvalue weighted by Gasteiger charge is -2.23. The lowest BCUT2D eigenvalue weighted by atomic mass is 9.90. The second-order valence-corrected chi connectivity index (χ2v) is 7.00. The third-order valence-corrected chi connectivity index (χ3v) is 4.38. The summed E-state index contributed by atoms with van der Waals surface area (Å²) < 4.78 is 4.66. The Labute approximate surface area is 162 Å². The molecule has 0 saturated carbocycles. The standard InChI is InChI=1S/C20H21ClN2O4/c1-12-6-5-7-14(10-12)22-18(25)20(2,3)19(26)23-16-11-13(17(24)27-4)8-9-15(16)21/h5-11H,1-4H3,(H,22,25)(H,23,26). The van der Waals surface area contributed by atoms with Crippen molar-refractivity contribution in [1.29, 1.82) is 0 Å². The zero-order valence-electron chi connectivity index (χ0n) is 15.6. The van der Waals surface area contributed by atoms with Crippen molar-refractivity contribution >= 4 is 40.8 Å². The van der Waals surface area contributed by atoms with Crippen LogP contribution in [0.5, 0.6) is 0 Å². The maximum absolute atomic E-state index is 12.7. The molecule has 2 aromatic carbocycles. The van der Waals surface area contributed by atoms with Crippen molar-refractivity contribution in [3.8, 4) is 0 Å². The molecular formula is C20H21ClN2O4. The van der Waals surface area contributed by atoms with Crippen LogP contribution in [0.2, 0.25) is 5.02 Å².